The van der Waals surface area contributed by atoms with Crippen LogP contribution >= 0.6 is 0 Å². The maximum atomic E-state index is 8.36. The van der Waals surface area contributed by atoms with Crippen LogP contribution in [0, 0.1) is 0 Å². The molecule has 0 bridgehead atoms. The number of hydrogen-bond donors (Lipinski definition) is 1. The van der Waals surface area contributed by atoms with Crippen molar-refractivity contribution in [1.29, 1.82) is 0 Å². The number of nitrogens with zero attached hydrogens (tertiary/aromatic N) is 5. The molecule has 32 heavy (non-hydrogen) atoms. The number of aryl methyl sites for hydroxylation is 1. The number of anilines is 1. The maximum Gasteiger partial charge on any atom is 0.290 e. The van der Waals surface area contributed by atoms with Crippen molar-refractivity contribution in [3.05, 3.63) is 35.8 Å². The molecule has 1 saturated heterocycles. The first-order chi connectivity index (χ1) is 15.5. The van der Waals surface area contributed by atoms with Crippen LogP contribution in [0.4, 0.5) is 5.95 Å². The summed E-state index contributed by atoms with van der Waals surface area (Å²) in [5, 5.41) is 6.89. The second kappa shape index (κ2) is 8.99. The van der Waals surface area contributed by atoms with Crippen molar-refractivity contribution in [3.8, 4) is 11.5 Å². The van der Waals surface area contributed by atoms with E-state index < -0.39 is 0 Å². The Kier molecular flexibility index (Phi) is 6.13. The average molecular weight is 441 g/mol. The van der Waals surface area contributed by atoms with Gasteiger partial charge in [0.25, 0.3) is 6.47 Å². The number of piperidine rings is 1. The smallest absolute Gasteiger partial charge is 0.290 e. The Hall–Kier alpha value is -3.40. The van der Waals surface area contributed by atoms with E-state index in [9.17, 15) is 0 Å². The Bertz CT molecular complexity index is 1110. The van der Waals surface area contributed by atoms with Crippen LogP contribution < -0.4 is 14.4 Å². The summed E-state index contributed by atoms with van der Waals surface area (Å²) >= 11 is 0. The summed E-state index contributed by atoms with van der Waals surface area (Å²) in [5.41, 5.74) is 3.89. The van der Waals surface area contributed by atoms with Gasteiger partial charge in [-0.15, -0.1) is 0 Å². The molecule has 4 heterocycles. The molecule has 0 unspecified atom stereocenters. The molecule has 5 rings (SSSR count). The highest BCUT2D eigenvalue weighted by Crippen LogP contribution is 2.45. The van der Waals surface area contributed by atoms with Crippen LogP contribution in [-0.2, 0) is 28.6 Å². The molecule has 10 heteroatoms. The average Bonchev–Trinajstić information content (AvgIpc) is 3.19. The van der Waals surface area contributed by atoms with Crippen molar-refractivity contribution in [2.45, 2.75) is 24.9 Å². The van der Waals surface area contributed by atoms with E-state index in [0.717, 1.165) is 67.6 Å². The van der Waals surface area contributed by atoms with Gasteiger partial charge in [0.1, 0.15) is 5.52 Å². The number of benzene rings is 1. The fourth-order valence-electron chi connectivity index (χ4n) is 4.53. The van der Waals surface area contributed by atoms with Crippen LogP contribution in [0.2, 0.25) is 0 Å². The van der Waals surface area contributed by atoms with Crippen molar-refractivity contribution in [2.75, 3.05) is 38.8 Å². The summed E-state index contributed by atoms with van der Waals surface area (Å²) in [4.78, 5) is 24.2. The highest BCUT2D eigenvalue weighted by atomic mass is 16.5. The Morgan fingerprint density at radius 1 is 1.16 bits per heavy atom. The first-order valence-electron chi connectivity index (χ1n) is 10.4. The molecule has 1 fully saturated rings. The van der Waals surface area contributed by atoms with Crippen LogP contribution in [0.3, 0.4) is 0 Å². The molecule has 0 aliphatic carbocycles. The molecule has 2 aliphatic heterocycles. The van der Waals surface area contributed by atoms with Crippen LogP contribution in [0.25, 0.3) is 11.2 Å². The summed E-state index contributed by atoms with van der Waals surface area (Å²) in [7, 11) is 5.30. The minimum Gasteiger partial charge on any atom is -0.493 e. The van der Waals surface area contributed by atoms with Gasteiger partial charge in [0.05, 0.1) is 39.0 Å². The molecule has 3 aromatic rings. The van der Waals surface area contributed by atoms with Gasteiger partial charge in [-0.3, -0.25) is 4.79 Å². The monoisotopic (exact) mass is 441 g/mol. The van der Waals surface area contributed by atoms with Crippen molar-refractivity contribution in [1.82, 2.24) is 19.5 Å². The van der Waals surface area contributed by atoms with Gasteiger partial charge < -0.3 is 28.8 Å². The molecule has 10 nitrogen and oxygen atoms in total. The third kappa shape index (κ3) is 3.81. The minimum atomic E-state index is -0.291. The lowest BCUT2D eigenvalue weighted by molar-refractivity contribution is -0.122. The molecule has 2 aromatic heterocycles. The number of methoxy groups -OCH3 is 2. The third-order valence-corrected chi connectivity index (χ3v) is 6.15. The molecule has 0 amide bonds. The topological polar surface area (TPSA) is 112 Å². The summed E-state index contributed by atoms with van der Waals surface area (Å²) in [6.07, 6.45) is 6.21. The van der Waals surface area contributed by atoms with Gasteiger partial charge in [-0.25, -0.2) is 9.97 Å². The fourth-order valence-corrected chi connectivity index (χ4v) is 4.53. The van der Waals surface area contributed by atoms with E-state index in [4.69, 9.17) is 29.1 Å². The maximum absolute atomic E-state index is 8.36. The minimum absolute atomic E-state index is 0.250. The lowest BCUT2D eigenvalue weighted by Gasteiger charge is -2.45. The van der Waals surface area contributed by atoms with Gasteiger partial charge in [-0.05, 0) is 42.5 Å². The number of carbonyl (C=O) groups is 1. The lowest BCUT2D eigenvalue weighted by Crippen LogP contribution is -2.47. The van der Waals surface area contributed by atoms with Crippen molar-refractivity contribution in [3.63, 3.8) is 0 Å². The van der Waals surface area contributed by atoms with E-state index in [-0.39, 0.29) is 12.1 Å². The van der Waals surface area contributed by atoms with E-state index in [1.54, 1.807) is 26.7 Å². The molecule has 1 N–H and O–H groups in total. The van der Waals surface area contributed by atoms with Gasteiger partial charge in [-0.2, -0.15) is 4.98 Å². The SMILES string of the molecule is COc1cc2c(cc1OC)C1(CCN(c3ncc4ncn(C)c4n3)CC1)OCC2.O=CO. The second-order valence-electron chi connectivity index (χ2n) is 7.78. The second-order valence-corrected chi connectivity index (χ2v) is 7.78. The normalized spacial score (nSPS) is 16.8. The quantitative estimate of drug-likeness (QED) is 0.611. The number of fused-ring (bicyclic) bond motifs is 3. The molecule has 0 atom stereocenters. The van der Waals surface area contributed by atoms with Crippen LogP contribution in [-0.4, -0.2) is 65.0 Å². The van der Waals surface area contributed by atoms with Crippen molar-refractivity contribution < 1.29 is 24.1 Å². The largest absolute Gasteiger partial charge is 0.493 e. The highest BCUT2D eigenvalue weighted by Gasteiger charge is 2.42. The third-order valence-electron chi connectivity index (χ3n) is 6.15. The Labute approximate surface area is 185 Å². The molecular formula is C22H27N5O5. The number of ether oxygens (including phenoxy) is 3. The highest BCUT2D eigenvalue weighted by molar-refractivity contribution is 5.70. The van der Waals surface area contributed by atoms with Gasteiger partial charge in [0.15, 0.2) is 17.1 Å². The lowest BCUT2D eigenvalue weighted by atomic mass is 9.79. The first-order valence-corrected chi connectivity index (χ1v) is 10.4. The predicted octanol–water partition coefficient (Wildman–Crippen LogP) is 2.15. The van der Waals surface area contributed by atoms with Crippen LogP contribution in [0.15, 0.2) is 24.7 Å². The summed E-state index contributed by atoms with van der Waals surface area (Å²) < 4.78 is 19.4. The zero-order valence-corrected chi connectivity index (χ0v) is 18.4. The molecule has 0 radical (unpaired) electrons. The number of aromatic nitrogens is 4. The Morgan fingerprint density at radius 3 is 2.53 bits per heavy atom. The number of rotatable bonds is 3. The summed E-state index contributed by atoms with van der Waals surface area (Å²) in [6, 6.07) is 4.20. The van der Waals surface area contributed by atoms with Crippen molar-refractivity contribution >= 4 is 23.6 Å². The molecule has 2 aliphatic rings. The Balaban J connectivity index is 0.000000775. The number of carboxylic acid groups (broad SMARTS) is 1. The summed E-state index contributed by atoms with van der Waals surface area (Å²) in [6.45, 7) is 2.13. The Morgan fingerprint density at radius 2 is 1.84 bits per heavy atom. The van der Waals surface area contributed by atoms with E-state index >= 15 is 0 Å². The van der Waals surface area contributed by atoms with E-state index in [1.807, 2.05) is 11.6 Å². The van der Waals surface area contributed by atoms with Crippen LogP contribution in [0.1, 0.15) is 24.0 Å². The van der Waals surface area contributed by atoms with Gasteiger partial charge in [-0.1, -0.05) is 0 Å². The number of imidazole rings is 1. The van der Waals surface area contributed by atoms with Crippen molar-refractivity contribution in [2.24, 2.45) is 7.05 Å². The fraction of sp³-hybridized carbons (Fsp3) is 0.455. The first kappa shape index (κ1) is 21.8. The summed E-state index contributed by atoms with van der Waals surface area (Å²) in [5.74, 6) is 2.28. The molecule has 0 saturated carbocycles. The van der Waals surface area contributed by atoms with E-state index in [0.29, 0.717) is 0 Å². The van der Waals surface area contributed by atoms with E-state index in [1.165, 1.54) is 11.1 Å². The molecular weight excluding hydrogens is 414 g/mol. The zero-order chi connectivity index (χ0) is 22.7. The molecule has 1 spiro atoms. The van der Waals surface area contributed by atoms with E-state index in [2.05, 4.69) is 27.0 Å². The van der Waals surface area contributed by atoms with Gasteiger partial charge >= 0.3 is 0 Å². The van der Waals surface area contributed by atoms with Crippen LogP contribution in [0.5, 0.6) is 11.5 Å². The molecule has 1 aromatic carbocycles. The number of hydrogen-bond acceptors (Lipinski definition) is 8. The van der Waals surface area contributed by atoms with Gasteiger partial charge in [0.2, 0.25) is 5.95 Å². The predicted molar refractivity (Wildman–Crippen MR) is 117 cm³/mol. The zero-order valence-electron chi connectivity index (χ0n) is 18.4. The molecule has 170 valence electrons. The standard InChI is InChI=1S/C21H25N5O3.CH2O2/c1-25-13-23-16-12-22-20(24-19(16)25)26-7-5-21(6-8-26)15-11-18(28-3)17(27-2)10-14(15)4-9-29-21;2-1-3/h10-13H,4-9H2,1-3H3;1H,(H,2,3). The van der Waals surface area contributed by atoms with Gasteiger partial charge in [0, 0.05) is 20.1 Å².